The molecule has 3 rings (SSSR count). The Morgan fingerprint density at radius 2 is 1.70 bits per heavy atom. The van der Waals surface area contributed by atoms with E-state index in [2.05, 4.69) is 5.32 Å². The maximum atomic E-state index is 12.6. The van der Waals surface area contributed by atoms with Gasteiger partial charge in [-0.15, -0.1) is 0 Å². The van der Waals surface area contributed by atoms with Crippen molar-refractivity contribution in [2.75, 3.05) is 12.4 Å². The van der Waals surface area contributed by atoms with Gasteiger partial charge in [0, 0.05) is 11.3 Å². The number of esters is 1. The minimum absolute atomic E-state index is 0.00826. The van der Waals surface area contributed by atoms with Crippen LogP contribution in [0, 0.1) is 11.3 Å². The van der Waals surface area contributed by atoms with Crippen LogP contribution in [-0.2, 0) is 4.79 Å². The van der Waals surface area contributed by atoms with E-state index in [9.17, 15) is 19.6 Å². The van der Waals surface area contributed by atoms with E-state index in [0.717, 1.165) is 0 Å². The molecule has 0 spiro atoms. The molecule has 33 heavy (non-hydrogen) atoms. The van der Waals surface area contributed by atoms with Crippen molar-refractivity contribution in [3.63, 3.8) is 0 Å². The molecule has 0 aliphatic heterocycles. The summed E-state index contributed by atoms with van der Waals surface area (Å²) in [5, 5.41) is 21.1. The Hall–Kier alpha value is -4.90. The van der Waals surface area contributed by atoms with Gasteiger partial charge in [-0.2, -0.15) is 5.26 Å². The van der Waals surface area contributed by atoms with Crippen molar-refractivity contribution < 1.29 is 29.0 Å². The van der Waals surface area contributed by atoms with E-state index in [1.54, 1.807) is 42.5 Å². The first kappa shape index (κ1) is 22.8. The number of para-hydroxylation sites is 1. The van der Waals surface area contributed by atoms with Crippen LogP contribution in [0.15, 0.2) is 78.4 Å². The van der Waals surface area contributed by atoms with E-state index < -0.39 is 17.8 Å². The molecule has 2 N–H and O–H groups in total. The number of aromatic carboxylic acids is 1. The van der Waals surface area contributed by atoms with Gasteiger partial charge in [-0.3, -0.25) is 4.79 Å². The van der Waals surface area contributed by atoms with Gasteiger partial charge in [-0.25, -0.2) is 9.59 Å². The molecule has 0 saturated heterocycles. The van der Waals surface area contributed by atoms with Gasteiger partial charge in [0.1, 0.15) is 23.1 Å². The van der Waals surface area contributed by atoms with Gasteiger partial charge < -0.3 is 19.9 Å². The lowest BCUT2D eigenvalue weighted by Crippen LogP contribution is -2.14. The Kier molecular flexibility index (Phi) is 7.19. The second kappa shape index (κ2) is 10.4. The maximum Gasteiger partial charge on any atom is 0.343 e. The number of anilines is 1. The quantitative estimate of drug-likeness (QED) is 0.244. The minimum Gasteiger partial charge on any atom is -0.497 e. The normalized spacial score (nSPS) is 10.6. The van der Waals surface area contributed by atoms with Gasteiger partial charge in [-0.05, 0) is 54.6 Å². The van der Waals surface area contributed by atoms with Crippen LogP contribution in [0.5, 0.6) is 11.5 Å². The van der Waals surface area contributed by atoms with E-state index in [4.69, 9.17) is 14.6 Å². The van der Waals surface area contributed by atoms with Crippen molar-refractivity contribution in [2.24, 2.45) is 0 Å². The molecule has 8 nitrogen and oxygen atoms in total. The molecule has 164 valence electrons. The molecule has 0 aliphatic rings. The zero-order chi connectivity index (χ0) is 23.8. The second-order valence-electron chi connectivity index (χ2n) is 6.67. The smallest absolute Gasteiger partial charge is 0.343 e. The Morgan fingerprint density at radius 3 is 2.36 bits per heavy atom. The van der Waals surface area contributed by atoms with Crippen LogP contribution in [-0.4, -0.2) is 30.1 Å². The first-order chi connectivity index (χ1) is 15.9. The zero-order valence-electron chi connectivity index (χ0n) is 17.4. The lowest BCUT2D eigenvalue weighted by Gasteiger charge is -2.09. The van der Waals surface area contributed by atoms with E-state index >= 15 is 0 Å². The van der Waals surface area contributed by atoms with Gasteiger partial charge in [0.2, 0.25) is 0 Å². The van der Waals surface area contributed by atoms with E-state index in [1.807, 2.05) is 6.07 Å². The fourth-order valence-electron chi connectivity index (χ4n) is 2.81. The van der Waals surface area contributed by atoms with Crippen molar-refractivity contribution in [2.45, 2.75) is 0 Å². The Balaban J connectivity index is 1.82. The molecular formula is C25H18N2O6. The fourth-order valence-corrected chi connectivity index (χ4v) is 2.81. The number of carboxylic acid groups (broad SMARTS) is 1. The van der Waals surface area contributed by atoms with Crippen LogP contribution in [0.3, 0.4) is 0 Å². The molecule has 0 radical (unpaired) electrons. The first-order valence-corrected chi connectivity index (χ1v) is 9.63. The third-order valence-electron chi connectivity index (χ3n) is 4.48. The third-order valence-corrected chi connectivity index (χ3v) is 4.48. The molecule has 3 aromatic carbocycles. The fraction of sp³-hybridized carbons (Fsp3) is 0.0400. The van der Waals surface area contributed by atoms with Crippen LogP contribution < -0.4 is 14.8 Å². The van der Waals surface area contributed by atoms with Gasteiger partial charge in [0.25, 0.3) is 5.91 Å². The number of nitrogens with one attached hydrogen (secondary N) is 1. The number of nitriles is 1. The van der Waals surface area contributed by atoms with E-state index in [0.29, 0.717) is 16.9 Å². The van der Waals surface area contributed by atoms with Gasteiger partial charge in [-0.1, -0.05) is 24.3 Å². The van der Waals surface area contributed by atoms with Crippen molar-refractivity contribution in [3.8, 4) is 17.6 Å². The third kappa shape index (κ3) is 5.83. The molecule has 0 aromatic heterocycles. The first-order valence-electron chi connectivity index (χ1n) is 9.63. The largest absolute Gasteiger partial charge is 0.497 e. The predicted octanol–water partition coefficient (Wildman–Crippen LogP) is 4.16. The molecule has 3 aromatic rings. The van der Waals surface area contributed by atoms with Crippen molar-refractivity contribution >= 4 is 29.6 Å². The van der Waals surface area contributed by atoms with E-state index in [-0.39, 0.29) is 22.6 Å². The van der Waals surface area contributed by atoms with Gasteiger partial charge in [0.05, 0.1) is 18.2 Å². The Morgan fingerprint density at radius 1 is 0.970 bits per heavy atom. The van der Waals surface area contributed by atoms with Crippen LogP contribution in [0.4, 0.5) is 5.69 Å². The average molecular weight is 442 g/mol. The molecule has 0 fully saturated rings. The van der Waals surface area contributed by atoms with Crippen LogP contribution in [0.25, 0.3) is 6.08 Å². The summed E-state index contributed by atoms with van der Waals surface area (Å²) in [6.07, 6.45) is 1.28. The van der Waals surface area contributed by atoms with E-state index in [1.165, 1.54) is 43.5 Å². The number of carbonyl (C=O) groups excluding carboxylic acids is 2. The summed E-state index contributed by atoms with van der Waals surface area (Å²) in [6, 6.07) is 20.3. The highest BCUT2D eigenvalue weighted by atomic mass is 16.5. The minimum atomic E-state index is -1.14. The Labute approximate surface area is 189 Å². The number of amides is 1. The van der Waals surface area contributed by atoms with Gasteiger partial charge in [0.15, 0.2) is 0 Å². The molecule has 0 saturated carbocycles. The predicted molar refractivity (Wildman–Crippen MR) is 120 cm³/mol. The summed E-state index contributed by atoms with van der Waals surface area (Å²) < 4.78 is 10.5. The summed E-state index contributed by atoms with van der Waals surface area (Å²) in [5.74, 6) is -1.75. The maximum absolute atomic E-state index is 12.6. The lowest BCUT2D eigenvalue weighted by atomic mass is 10.1. The summed E-state index contributed by atoms with van der Waals surface area (Å²) in [5.41, 5.74) is 0.589. The van der Waals surface area contributed by atoms with Crippen LogP contribution in [0.2, 0.25) is 0 Å². The molecule has 8 heteroatoms. The summed E-state index contributed by atoms with van der Waals surface area (Å²) in [7, 11) is 1.52. The number of carboxylic acids is 1. The average Bonchev–Trinajstić information content (AvgIpc) is 2.83. The number of methoxy groups -OCH3 is 1. The molecule has 1 amide bonds. The molecule has 0 heterocycles. The van der Waals surface area contributed by atoms with Gasteiger partial charge >= 0.3 is 11.9 Å². The molecule has 0 atom stereocenters. The highest BCUT2D eigenvalue weighted by Crippen LogP contribution is 2.23. The number of nitrogens with zero attached hydrogens (tertiary/aromatic N) is 1. The second-order valence-corrected chi connectivity index (χ2v) is 6.67. The molecular weight excluding hydrogens is 424 g/mol. The lowest BCUT2D eigenvalue weighted by molar-refractivity contribution is -0.112. The highest BCUT2D eigenvalue weighted by Gasteiger charge is 2.15. The monoisotopic (exact) mass is 442 g/mol. The number of rotatable bonds is 7. The summed E-state index contributed by atoms with van der Waals surface area (Å²) >= 11 is 0. The summed E-state index contributed by atoms with van der Waals surface area (Å²) in [6.45, 7) is 0. The number of ether oxygens (including phenoxy) is 2. The highest BCUT2D eigenvalue weighted by molar-refractivity contribution is 6.10. The van der Waals surface area contributed by atoms with Crippen molar-refractivity contribution in [1.29, 1.82) is 5.26 Å². The number of carbonyl (C=O) groups is 3. The SMILES string of the molecule is COc1ccc(C(=O)Oc2ccccc2/C=C(\C#N)C(=O)Nc2cccc(C(=O)O)c2)cc1. The van der Waals surface area contributed by atoms with Crippen molar-refractivity contribution in [3.05, 3.63) is 95.1 Å². The van der Waals surface area contributed by atoms with Crippen molar-refractivity contribution in [1.82, 2.24) is 0 Å². The summed E-state index contributed by atoms with van der Waals surface area (Å²) in [4.78, 5) is 36.2. The molecule has 0 bridgehead atoms. The number of hydrogen-bond acceptors (Lipinski definition) is 6. The molecule has 0 aliphatic carbocycles. The molecule has 0 unspecified atom stereocenters. The number of hydrogen-bond donors (Lipinski definition) is 2. The Bertz CT molecular complexity index is 1270. The van der Waals surface area contributed by atoms with Crippen LogP contribution >= 0.6 is 0 Å². The topological polar surface area (TPSA) is 126 Å². The van der Waals surface area contributed by atoms with Crippen LogP contribution in [0.1, 0.15) is 26.3 Å². The zero-order valence-corrected chi connectivity index (χ0v) is 17.4. The standard InChI is InChI=1S/C25H18N2O6/c1-32-21-11-9-16(10-12-21)25(31)33-22-8-3-2-5-17(22)13-19(15-26)23(28)27-20-7-4-6-18(14-20)24(29)30/h2-14H,1H3,(H,27,28)(H,29,30)/b19-13+. The number of benzene rings is 3.